The summed E-state index contributed by atoms with van der Waals surface area (Å²) in [6, 6.07) is -0.305. The number of nitrogens with zero attached hydrogens (tertiary/aromatic N) is 2. The van der Waals surface area contributed by atoms with Crippen LogP contribution in [0.15, 0.2) is 12.5 Å². The standard InChI is InChI=1S/C11H19N3O/c1-2-11(3-4-11)7-14-8-13-5-10(14)9(12)6-15/h5,8-9,15H,2-4,6-7,12H2,1H3. The summed E-state index contributed by atoms with van der Waals surface area (Å²) in [5, 5.41) is 9.04. The van der Waals surface area contributed by atoms with Gasteiger partial charge in [-0.25, -0.2) is 4.98 Å². The molecule has 15 heavy (non-hydrogen) atoms. The van der Waals surface area contributed by atoms with Crippen LogP contribution in [-0.4, -0.2) is 21.3 Å². The van der Waals surface area contributed by atoms with E-state index in [1.807, 2.05) is 6.33 Å². The van der Waals surface area contributed by atoms with Gasteiger partial charge in [0.15, 0.2) is 0 Å². The normalized spacial score (nSPS) is 20.2. The molecule has 1 heterocycles. The van der Waals surface area contributed by atoms with Crippen molar-refractivity contribution in [1.82, 2.24) is 9.55 Å². The van der Waals surface area contributed by atoms with Crippen LogP contribution in [0.3, 0.4) is 0 Å². The van der Waals surface area contributed by atoms with Crippen LogP contribution in [-0.2, 0) is 6.54 Å². The molecular weight excluding hydrogens is 190 g/mol. The van der Waals surface area contributed by atoms with Crippen LogP contribution in [0.1, 0.15) is 37.9 Å². The average Bonchev–Trinajstić information content (AvgIpc) is 2.88. The largest absolute Gasteiger partial charge is 0.394 e. The molecule has 1 atom stereocenters. The van der Waals surface area contributed by atoms with Gasteiger partial charge in [0.2, 0.25) is 0 Å². The monoisotopic (exact) mass is 209 g/mol. The fraction of sp³-hybridized carbons (Fsp3) is 0.727. The Kier molecular flexibility index (Phi) is 2.80. The van der Waals surface area contributed by atoms with E-state index in [4.69, 9.17) is 10.8 Å². The molecule has 0 radical (unpaired) electrons. The van der Waals surface area contributed by atoms with Crippen molar-refractivity contribution >= 4 is 0 Å². The number of imidazole rings is 1. The van der Waals surface area contributed by atoms with Crippen molar-refractivity contribution in [2.45, 2.75) is 38.8 Å². The molecule has 0 bridgehead atoms. The number of aromatic nitrogens is 2. The maximum atomic E-state index is 9.04. The first-order chi connectivity index (χ1) is 7.21. The smallest absolute Gasteiger partial charge is 0.0948 e. The van der Waals surface area contributed by atoms with Crippen LogP contribution in [0.4, 0.5) is 0 Å². The predicted molar refractivity (Wildman–Crippen MR) is 58.2 cm³/mol. The Balaban J connectivity index is 2.11. The maximum Gasteiger partial charge on any atom is 0.0948 e. The number of aliphatic hydroxyl groups excluding tert-OH is 1. The van der Waals surface area contributed by atoms with E-state index in [0.717, 1.165) is 12.2 Å². The highest BCUT2D eigenvalue weighted by Gasteiger charge is 2.41. The van der Waals surface area contributed by atoms with E-state index in [1.54, 1.807) is 6.20 Å². The number of aliphatic hydroxyl groups is 1. The van der Waals surface area contributed by atoms with Crippen molar-refractivity contribution in [2.24, 2.45) is 11.1 Å². The van der Waals surface area contributed by atoms with Crippen molar-refractivity contribution in [2.75, 3.05) is 6.61 Å². The molecule has 0 aliphatic heterocycles. The Labute approximate surface area is 90.1 Å². The van der Waals surface area contributed by atoms with Gasteiger partial charge in [-0.2, -0.15) is 0 Å². The molecule has 1 aromatic heterocycles. The molecule has 1 aliphatic carbocycles. The summed E-state index contributed by atoms with van der Waals surface area (Å²) in [5.41, 5.74) is 7.23. The molecule has 84 valence electrons. The third kappa shape index (κ3) is 2.06. The fourth-order valence-electron chi connectivity index (χ4n) is 2.03. The topological polar surface area (TPSA) is 64.1 Å². The highest BCUT2D eigenvalue weighted by molar-refractivity contribution is 5.06. The highest BCUT2D eigenvalue weighted by Crippen LogP contribution is 2.50. The van der Waals surface area contributed by atoms with E-state index in [1.165, 1.54) is 19.3 Å². The zero-order valence-electron chi connectivity index (χ0n) is 9.19. The summed E-state index contributed by atoms with van der Waals surface area (Å²) in [6.45, 7) is 3.20. The summed E-state index contributed by atoms with van der Waals surface area (Å²) in [5.74, 6) is 0. The molecule has 1 aromatic rings. The van der Waals surface area contributed by atoms with Crippen LogP contribution < -0.4 is 5.73 Å². The van der Waals surface area contributed by atoms with Gasteiger partial charge in [0, 0.05) is 12.7 Å². The molecule has 1 fully saturated rings. The Morgan fingerprint density at radius 2 is 2.40 bits per heavy atom. The predicted octanol–water partition coefficient (Wildman–Crippen LogP) is 1.07. The van der Waals surface area contributed by atoms with E-state index in [9.17, 15) is 0 Å². The van der Waals surface area contributed by atoms with Crippen LogP contribution in [0.5, 0.6) is 0 Å². The second-order valence-corrected chi connectivity index (χ2v) is 4.59. The lowest BCUT2D eigenvalue weighted by Gasteiger charge is -2.17. The zero-order chi connectivity index (χ0) is 10.9. The summed E-state index contributed by atoms with van der Waals surface area (Å²) in [6.07, 6.45) is 7.39. The van der Waals surface area contributed by atoms with Gasteiger partial charge in [-0.3, -0.25) is 0 Å². The second-order valence-electron chi connectivity index (χ2n) is 4.59. The molecule has 3 N–H and O–H groups in total. The molecule has 4 heteroatoms. The lowest BCUT2D eigenvalue weighted by Crippen LogP contribution is -2.21. The fourth-order valence-corrected chi connectivity index (χ4v) is 2.03. The molecule has 0 saturated heterocycles. The molecule has 0 aromatic carbocycles. The quantitative estimate of drug-likeness (QED) is 0.762. The van der Waals surface area contributed by atoms with Gasteiger partial charge >= 0.3 is 0 Å². The van der Waals surface area contributed by atoms with Crippen LogP contribution in [0.2, 0.25) is 0 Å². The Hall–Kier alpha value is -0.870. The summed E-state index contributed by atoms with van der Waals surface area (Å²) < 4.78 is 2.09. The molecule has 0 amide bonds. The van der Waals surface area contributed by atoms with Crippen LogP contribution in [0.25, 0.3) is 0 Å². The summed E-state index contributed by atoms with van der Waals surface area (Å²) >= 11 is 0. The third-order valence-corrected chi connectivity index (χ3v) is 3.53. The van der Waals surface area contributed by atoms with Crippen molar-refractivity contribution in [3.63, 3.8) is 0 Å². The van der Waals surface area contributed by atoms with E-state index in [-0.39, 0.29) is 12.6 Å². The van der Waals surface area contributed by atoms with Crippen molar-refractivity contribution in [3.8, 4) is 0 Å². The van der Waals surface area contributed by atoms with Gasteiger partial charge in [0.05, 0.1) is 24.7 Å². The minimum atomic E-state index is -0.305. The lowest BCUT2D eigenvalue weighted by atomic mass is 10.0. The highest BCUT2D eigenvalue weighted by atomic mass is 16.3. The van der Waals surface area contributed by atoms with Crippen molar-refractivity contribution < 1.29 is 5.11 Å². The van der Waals surface area contributed by atoms with Gasteiger partial charge in [-0.15, -0.1) is 0 Å². The summed E-state index contributed by atoms with van der Waals surface area (Å²) in [4.78, 5) is 4.11. The zero-order valence-corrected chi connectivity index (χ0v) is 9.19. The minimum absolute atomic E-state index is 0.0230. The molecule has 2 rings (SSSR count). The van der Waals surface area contributed by atoms with E-state index in [2.05, 4.69) is 16.5 Å². The number of rotatable bonds is 5. The minimum Gasteiger partial charge on any atom is -0.394 e. The molecule has 1 unspecified atom stereocenters. The van der Waals surface area contributed by atoms with Crippen LogP contribution in [0, 0.1) is 5.41 Å². The van der Waals surface area contributed by atoms with Crippen molar-refractivity contribution in [1.29, 1.82) is 0 Å². The first-order valence-electron chi connectivity index (χ1n) is 5.57. The van der Waals surface area contributed by atoms with Gasteiger partial charge in [0.1, 0.15) is 0 Å². The number of hydrogen-bond donors (Lipinski definition) is 2. The first-order valence-corrected chi connectivity index (χ1v) is 5.57. The molecule has 1 saturated carbocycles. The average molecular weight is 209 g/mol. The second kappa shape index (κ2) is 3.94. The molecular formula is C11H19N3O. The van der Waals surface area contributed by atoms with Gasteiger partial charge in [-0.05, 0) is 24.7 Å². The number of nitrogens with two attached hydrogens (primary N) is 1. The van der Waals surface area contributed by atoms with E-state index >= 15 is 0 Å². The third-order valence-electron chi connectivity index (χ3n) is 3.53. The first kappa shape index (κ1) is 10.6. The Bertz CT molecular complexity index is 330. The van der Waals surface area contributed by atoms with E-state index in [0.29, 0.717) is 5.41 Å². The van der Waals surface area contributed by atoms with Crippen LogP contribution >= 0.6 is 0 Å². The van der Waals surface area contributed by atoms with E-state index < -0.39 is 0 Å². The Morgan fingerprint density at radius 3 is 2.93 bits per heavy atom. The SMILES string of the molecule is CCC1(Cn2cncc2C(N)CO)CC1. The Morgan fingerprint density at radius 1 is 1.67 bits per heavy atom. The molecule has 1 aliphatic rings. The summed E-state index contributed by atoms with van der Waals surface area (Å²) in [7, 11) is 0. The number of hydrogen-bond acceptors (Lipinski definition) is 3. The molecule has 0 spiro atoms. The van der Waals surface area contributed by atoms with Crippen molar-refractivity contribution in [3.05, 3.63) is 18.2 Å². The van der Waals surface area contributed by atoms with Gasteiger partial charge in [-0.1, -0.05) is 6.92 Å². The maximum absolute atomic E-state index is 9.04. The van der Waals surface area contributed by atoms with Gasteiger partial charge < -0.3 is 15.4 Å². The lowest BCUT2D eigenvalue weighted by molar-refractivity contribution is 0.260. The molecule has 4 nitrogen and oxygen atoms in total. The van der Waals surface area contributed by atoms with Gasteiger partial charge in [0.25, 0.3) is 0 Å².